The molecule has 0 unspecified atom stereocenters. The first-order chi connectivity index (χ1) is 12.2. The molecule has 1 heterocycles. The van der Waals surface area contributed by atoms with Crippen LogP contribution in [0, 0.1) is 5.82 Å². The number of benzene rings is 2. The number of thiazole rings is 1. The highest BCUT2D eigenvalue weighted by molar-refractivity contribution is 9.10. The van der Waals surface area contributed by atoms with Crippen LogP contribution in [0.4, 0.5) is 10.1 Å². The number of anilines is 1. The summed E-state index contributed by atoms with van der Waals surface area (Å²) in [5.74, 6) is -0.956. The van der Waals surface area contributed by atoms with E-state index in [4.69, 9.17) is 0 Å². The monoisotopic (exact) mass is 454 g/mol. The van der Waals surface area contributed by atoms with Crippen molar-refractivity contribution in [3.63, 3.8) is 0 Å². The van der Waals surface area contributed by atoms with Crippen LogP contribution in [0.15, 0.2) is 58.0 Å². The minimum Gasteiger partial charge on any atom is -0.320 e. The quantitative estimate of drug-likeness (QED) is 0.634. The summed E-state index contributed by atoms with van der Waals surface area (Å²) in [6, 6.07) is 12.3. The minimum absolute atomic E-state index is 0.00710. The molecule has 5 nitrogen and oxygen atoms in total. The van der Waals surface area contributed by atoms with Crippen LogP contribution < -0.4 is 5.32 Å². The molecule has 0 aliphatic heterocycles. The average Bonchev–Trinajstić information content (AvgIpc) is 3.03. The zero-order chi connectivity index (χ0) is 18.9. The maximum Gasteiger partial charge on any atom is 0.284 e. The molecule has 1 amide bonds. The second-order valence-corrected chi connectivity index (χ2v) is 9.24. The third kappa shape index (κ3) is 4.17. The van der Waals surface area contributed by atoms with Crippen LogP contribution >= 0.6 is 27.3 Å². The smallest absolute Gasteiger partial charge is 0.284 e. The molecule has 3 rings (SSSR count). The van der Waals surface area contributed by atoms with Gasteiger partial charge in [0.25, 0.3) is 5.91 Å². The summed E-state index contributed by atoms with van der Waals surface area (Å²) in [5, 5.41) is 2.48. The SMILES string of the molecule is CS(=O)(=O)c1nc(C(=O)Nc2ccc(Br)cc2)sc1-c1ccc(F)cc1. The lowest BCUT2D eigenvalue weighted by atomic mass is 10.2. The standard InChI is InChI=1S/C17H12BrFN2O3S2/c1-26(23,24)17-14(10-2-6-12(19)7-3-10)25-16(21-17)15(22)20-13-8-4-11(18)5-9-13/h2-9H,1H3,(H,20,22). The van der Waals surface area contributed by atoms with Gasteiger partial charge in [0.1, 0.15) is 5.82 Å². The van der Waals surface area contributed by atoms with Gasteiger partial charge in [-0.05, 0) is 42.0 Å². The highest BCUT2D eigenvalue weighted by Crippen LogP contribution is 2.33. The molecule has 26 heavy (non-hydrogen) atoms. The van der Waals surface area contributed by atoms with Crippen molar-refractivity contribution in [1.29, 1.82) is 0 Å². The molecule has 0 aliphatic rings. The van der Waals surface area contributed by atoms with Crippen molar-refractivity contribution in [3.8, 4) is 10.4 Å². The first kappa shape index (κ1) is 18.7. The number of rotatable bonds is 4. The molecule has 3 aromatic rings. The van der Waals surface area contributed by atoms with E-state index in [0.29, 0.717) is 16.1 Å². The third-order valence-corrected chi connectivity index (χ3v) is 6.11. The molecule has 0 radical (unpaired) electrons. The van der Waals surface area contributed by atoms with E-state index in [9.17, 15) is 17.6 Å². The van der Waals surface area contributed by atoms with E-state index in [1.165, 1.54) is 24.3 Å². The second kappa shape index (κ2) is 7.26. The van der Waals surface area contributed by atoms with E-state index >= 15 is 0 Å². The molecular weight excluding hydrogens is 443 g/mol. The van der Waals surface area contributed by atoms with Gasteiger partial charge in [-0.2, -0.15) is 0 Å². The van der Waals surface area contributed by atoms with Crippen molar-refractivity contribution < 1.29 is 17.6 Å². The number of halogens is 2. The summed E-state index contributed by atoms with van der Waals surface area (Å²) in [6.45, 7) is 0. The molecule has 0 aliphatic carbocycles. The first-order valence-electron chi connectivity index (χ1n) is 7.28. The molecule has 0 saturated carbocycles. The molecule has 0 bridgehead atoms. The Morgan fingerprint density at radius 2 is 1.73 bits per heavy atom. The molecule has 134 valence electrons. The van der Waals surface area contributed by atoms with Crippen molar-refractivity contribution in [1.82, 2.24) is 4.98 Å². The van der Waals surface area contributed by atoms with Gasteiger partial charge in [0.05, 0.1) is 4.88 Å². The lowest BCUT2D eigenvalue weighted by molar-refractivity contribution is 0.102. The molecular formula is C17H12BrFN2O3S2. The fourth-order valence-electron chi connectivity index (χ4n) is 2.16. The lowest BCUT2D eigenvalue weighted by Crippen LogP contribution is -2.12. The third-order valence-electron chi connectivity index (χ3n) is 3.35. The molecule has 2 aromatic carbocycles. The van der Waals surface area contributed by atoms with Crippen molar-refractivity contribution in [2.24, 2.45) is 0 Å². The van der Waals surface area contributed by atoms with Crippen LogP contribution in [0.3, 0.4) is 0 Å². The van der Waals surface area contributed by atoms with Crippen molar-refractivity contribution in [3.05, 3.63) is 63.8 Å². The van der Waals surface area contributed by atoms with E-state index < -0.39 is 21.6 Å². The number of amides is 1. The Labute approximate surface area is 162 Å². The summed E-state index contributed by atoms with van der Waals surface area (Å²) in [7, 11) is -3.66. The van der Waals surface area contributed by atoms with E-state index in [-0.39, 0.29) is 10.0 Å². The summed E-state index contributed by atoms with van der Waals surface area (Å²) < 4.78 is 38.1. The molecule has 0 saturated heterocycles. The molecule has 1 aromatic heterocycles. The van der Waals surface area contributed by atoms with Crippen LogP contribution in [-0.2, 0) is 9.84 Å². The van der Waals surface area contributed by atoms with Crippen LogP contribution in [0.2, 0.25) is 0 Å². The van der Waals surface area contributed by atoms with E-state index in [1.54, 1.807) is 24.3 Å². The normalized spacial score (nSPS) is 11.3. The Hall–Kier alpha value is -2.10. The molecule has 0 atom stereocenters. The second-order valence-electron chi connectivity index (χ2n) is 5.39. The van der Waals surface area contributed by atoms with Crippen LogP contribution in [0.5, 0.6) is 0 Å². The largest absolute Gasteiger partial charge is 0.320 e. The summed E-state index contributed by atoms with van der Waals surface area (Å²) in [5.41, 5.74) is 1.03. The van der Waals surface area contributed by atoms with Gasteiger partial charge in [0.2, 0.25) is 0 Å². The molecule has 0 fully saturated rings. The van der Waals surface area contributed by atoms with Gasteiger partial charge in [-0.3, -0.25) is 4.79 Å². The van der Waals surface area contributed by atoms with Gasteiger partial charge in [-0.15, -0.1) is 11.3 Å². The predicted octanol–water partition coefficient (Wildman–Crippen LogP) is 4.37. The number of carbonyl (C=O) groups is 1. The number of sulfone groups is 1. The Balaban J connectivity index is 1.99. The number of hydrogen-bond acceptors (Lipinski definition) is 5. The van der Waals surface area contributed by atoms with Gasteiger partial charge < -0.3 is 5.32 Å². The van der Waals surface area contributed by atoms with Gasteiger partial charge >= 0.3 is 0 Å². The Bertz CT molecular complexity index is 1060. The maximum atomic E-state index is 13.1. The number of nitrogens with one attached hydrogen (secondary N) is 1. The molecule has 0 spiro atoms. The first-order valence-corrected chi connectivity index (χ1v) is 10.8. The molecule has 9 heteroatoms. The zero-order valence-electron chi connectivity index (χ0n) is 13.4. The highest BCUT2D eigenvalue weighted by atomic mass is 79.9. The Morgan fingerprint density at radius 1 is 1.12 bits per heavy atom. The van der Waals surface area contributed by atoms with E-state index in [1.807, 2.05) is 0 Å². The van der Waals surface area contributed by atoms with Crippen LogP contribution in [-0.4, -0.2) is 25.6 Å². The lowest BCUT2D eigenvalue weighted by Gasteiger charge is -2.02. The fraction of sp³-hybridized carbons (Fsp3) is 0.0588. The topological polar surface area (TPSA) is 76.1 Å². The number of carbonyl (C=O) groups excluding carboxylic acids is 1. The number of nitrogens with zero attached hydrogens (tertiary/aromatic N) is 1. The summed E-state index contributed by atoms with van der Waals surface area (Å²) in [6.07, 6.45) is 1.02. The maximum absolute atomic E-state index is 13.1. The zero-order valence-corrected chi connectivity index (χ0v) is 16.6. The minimum atomic E-state index is -3.66. The predicted molar refractivity (Wildman–Crippen MR) is 103 cm³/mol. The van der Waals surface area contributed by atoms with E-state index in [0.717, 1.165) is 22.1 Å². The fourth-order valence-corrected chi connectivity index (χ4v) is 4.63. The molecule has 1 N–H and O–H groups in total. The van der Waals surface area contributed by atoms with Gasteiger partial charge in [-0.1, -0.05) is 28.1 Å². The van der Waals surface area contributed by atoms with E-state index in [2.05, 4.69) is 26.2 Å². The van der Waals surface area contributed by atoms with Crippen molar-refractivity contribution in [2.75, 3.05) is 11.6 Å². The van der Waals surface area contributed by atoms with Crippen LogP contribution in [0.25, 0.3) is 10.4 Å². The average molecular weight is 455 g/mol. The van der Waals surface area contributed by atoms with Gasteiger partial charge in [0.15, 0.2) is 19.9 Å². The van der Waals surface area contributed by atoms with Crippen LogP contribution in [0.1, 0.15) is 9.80 Å². The summed E-state index contributed by atoms with van der Waals surface area (Å²) in [4.78, 5) is 16.8. The van der Waals surface area contributed by atoms with Crippen molar-refractivity contribution >= 4 is 48.7 Å². The van der Waals surface area contributed by atoms with Crippen molar-refractivity contribution in [2.45, 2.75) is 5.03 Å². The number of hydrogen-bond donors (Lipinski definition) is 1. The van der Waals surface area contributed by atoms with Gasteiger partial charge in [-0.25, -0.2) is 17.8 Å². The van der Waals surface area contributed by atoms with Gasteiger partial charge in [0, 0.05) is 16.4 Å². The highest BCUT2D eigenvalue weighted by Gasteiger charge is 2.24. The summed E-state index contributed by atoms with van der Waals surface area (Å²) >= 11 is 4.25. The Morgan fingerprint density at radius 3 is 2.31 bits per heavy atom. The Kier molecular flexibility index (Phi) is 5.22. The number of aromatic nitrogens is 1.